The lowest BCUT2D eigenvalue weighted by Gasteiger charge is -2.14. The molecule has 0 aliphatic heterocycles. The Hall–Kier alpha value is -3.21. The third-order valence-electron chi connectivity index (χ3n) is 3.98. The zero-order chi connectivity index (χ0) is 18.5. The van der Waals surface area contributed by atoms with Crippen molar-refractivity contribution in [3.8, 4) is 0 Å². The van der Waals surface area contributed by atoms with Crippen molar-refractivity contribution in [2.75, 3.05) is 10.6 Å². The molecule has 2 N–H and O–H groups in total. The molecule has 0 fully saturated rings. The molecule has 0 unspecified atom stereocenters. The molecule has 5 heteroatoms. The highest BCUT2D eigenvalue weighted by molar-refractivity contribution is 6.03. The van der Waals surface area contributed by atoms with E-state index in [0.29, 0.717) is 5.92 Å². The van der Waals surface area contributed by atoms with Gasteiger partial charge in [0.1, 0.15) is 11.5 Å². The number of halogens is 1. The molecule has 3 aromatic rings. The lowest BCUT2D eigenvalue weighted by atomic mass is 10.0. The Labute approximate surface area is 152 Å². The van der Waals surface area contributed by atoms with Crippen LogP contribution in [0.1, 0.15) is 35.8 Å². The predicted octanol–water partition coefficient (Wildman–Crippen LogP) is 5.34. The first-order valence-corrected chi connectivity index (χ1v) is 8.42. The van der Waals surface area contributed by atoms with Crippen LogP contribution in [-0.4, -0.2) is 10.9 Å². The van der Waals surface area contributed by atoms with Gasteiger partial charge in [-0.25, -0.2) is 9.37 Å². The first-order chi connectivity index (χ1) is 12.5. The maximum Gasteiger partial charge on any atom is 0.274 e. The summed E-state index contributed by atoms with van der Waals surface area (Å²) in [6.45, 7) is 4.27. The van der Waals surface area contributed by atoms with Gasteiger partial charge in [-0.2, -0.15) is 0 Å². The van der Waals surface area contributed by atoms with E-state index in [1.165, 1.54) is 17.7 Å². The molecule has 0 aliphatic rings. The average Bonchev–Trinajstić information content (AvgIpc) is 2.64. The smallest absolute Gasteiger partial charge is 0.274 e. The summed E-state index contributed by atoms with van der Waals surface area (Å²) in [6, 6.07) is 17.5. The summed E-state index contributed by atoms with van der Waals surface area (Å²) in [6.07, 6.45) is 1.59. The maximum atomic E-state index is 13.6. The maximum absolute atomic E-state index is 13.6. The van der Waals surface area contributed by atoms with Gasteiger partial charge in [0.15, 0.2) is 0 Å². The van der Waals surface area contributed by atoms with Crippen molar-refractivity contribution in [1.82, 2.24) is 4.98 Å². The minimum absolute atomic E-state index is 0.132. The SMILES string of the molecule is CC(C)c1ccccc1Nc1ccc(C(=O)Nc2ccccc2F)nc1. The highest BCUT2D eigenvalue weighted by Crippen LogP contribution is 2.26. The number of carbonyl (C=O) groups excluding carboxylic acids is 1. The van der Waals surface area contributed by atoms with Crippen LogP contribution in [0, 0.1) is 5.82 Å². The van der Waals surface area contributed by atoms with Gasteiger partial charge in [-0.05, 0) is 41.8 Å². The number of pyridine rings is 1. The number of aromatic nitrogens is 1. The van der Waals surface area contributed by atoms with Crippen molar-refractivity contribution < 1.29 is 9.18 Å². The molecule has 0 aliphatic carbocycles. The second-order valence-electron chi connectivity index (χ2n) is 6.23. The van der Waals surface area contributed by atoms with Gasteiger partial charge in [-0.15, -0.1) is 0 Å². The summed E-state index contributed by atoms with van der Waals surface area (Å²) in [5.74, 6) is -0.550. The zero-order valence-electron chi connectivity index (χ0n) is 14.7. The van der Waals surface area contributed by atoms with E-state index in [-0.39, 0.29) is 11.4 Å². The molecular weight excluding hydrogens is 329 g/mol. The summed E-state index contributed by atoms with van der Waals surface area (Å²) < 4.78 is 13.6. The van der Waals surface area contributed by atoms with Gasteiger partial charge in [0.2, 0.25) is 0 Å². The van der Waals surface area contributed by atoms with Crippen LogP contribution in [-0.2, 0) is 0 Å². The van der Waals surface area contributed by atoms with Crippen molar-refractivity contribution in [2.24, 2.45) is 0 Å². The number of nitrogens with one attached hydrogen (secondary N) is 2. The molecule has 0 saturated carbocycles. The Morgan fingerprint density at radius 3 is 2.31 bits per heavy atom. The van der Waals surface area contributed by atoms with Crippen LogP contribution in [0.4, 0.5) is 21.5 Å². The Kier molecular flexibility index (Phi) is 5.27. The van der Waals surface area contributed by atoms with E-state index in [1.54, 1.807) is 30.5 Å². The van der Waals surface area contributed by atoms with E-state index >= 15 is 0 Å². The van der Waals surface area contributed by atoms with Gasteiger partial charge in [0, 0.05) is 5.69 Å². The van der Waals surface area contributed by atoms with E-state index in [9.17, 15) is 9.18 Å². The number of amides is 1. The first kappa shape index (κ1) is 17.6. The van der Waals surface area contributed by atoms with Crippen LogP contribution in [0.2, 0.25) is 0 Å². The van der Waals surface area contributed by atoms with Crippen LogP contribution in [0.25, 0.3) is 0 Å². The molecule has 0 saturated heterocycles. The van der Waals surface area contributed by atoms with Crippen LogP contribution in [0.15, 0.2) is 66.9 Å². The summed E-state index contributed by atoms with van der Waals surface area (Å²) in [4.78, 5) is 16.4. The van der Waals surface area contributed by atoms with E-state index in [1.807, 2.05) is 18.2 Å². The summed E-state index contributed by atoms with van der Waals surface area (Å²) in [7, 11) is 0. The fraction of sp³-hybridized carbons (Fsp3) is 0.143. The monoisotopic (exact) mass is 349 g/mol. The van der Waals surface area contributed by atoms with Crippen molar-refractivity contribution in [3.05, 3.63) is 83.9 Å². The van der Waals surface area contributed by atoms with Crippen LogP contribution in [0.3, 0.4) is 0 Å². The number of carbonyl (C=O) groups is 1. The fourth-order valence-corrected chi connectivity index (χ4v) is 2.62. The Bertz CT molecular complexity index is 907. The van der Waals surface area contributed by atoms with Gasteiger partial charge in [-0.3, -0.25) is 4.79 Å². The highest BCUT2D eigenvalue weighted by atomic mass is 19.1. The van der Waals surface area contributed by atoms with Crippen molar-refractivity contribution in [2.45, 2.75) is 19.8 Å². The highest BCUT2D eigenvalue weighted by Gasteiger charge is 2.11. The quantitative estimate of drug-likeness (QED) is 0.654. The van der Waals surface area contributed by atoms with Gasteiger partial charge in [0.05, 0.1) is 17.6 Å². The molecule has 4 nitrogen and oxygen atoms in total. The van der Waals surface area contributed by atoms with Gasteiger partial charge in [-0.1, -0.05) is 44.2 Å². The topological polar surface area (TPSA) is 54.0 Å². The molecular formula is C21H20FN3O. The lowest BCUT2D eigenvalue weighted by molar-refractivity contribution is 0.102. The van der Waals surface area contributed by atoms with Crippen molar-refractivity contribution in [1.29, 1.82) is 0 Å². The number of para-hydroxylation sites is 2. The normalized spacial score (nSPS) is 10.6. The summed E-state index contributed by atoms with van der Waals surface area (Å²) >= 11 is 0. The number of hydrogen-bond donors (Lipinski definition) is 2. The van der Waals surface area contributed by atoms with Crippen molar-refractivity contribution >= 4 is 23.0 Å². The second kappa shape index (κ2) is 7.78. The first-order valence-electron chi connectivity index (χ1n) is 8.42. The molecule has 3 rings (SSSR count). The molecule has 0 spiro atoms. The second-order valence-corrected chi connectivity index (χ2v) is 6.23. The molecule has 1 heterocycles. The third-order valence-corrected chi connectivity index (χ3v) is 3.98. The molecule has 2 aromatic carbocycles. The Morgan fingerprint density at radius 1 is 0.962 bits per heavy atom. The van der Waals surface area contributed by atoms with Crippen LogP contribution >= 0.6 is 0 Å². The molecule has 26 heavy (non-hydrogen) atoms. The average molecular weight is 349 g/mol. The number of benzene rings is 2. The van der Waals surface area contributed by atoms with Crippen LogP contribution < -0.4 is 10.6 Å². The van der Waals surface area contributed by atoms with Gasteiger partial charge < -0.3 is 10.6 Å². The fourth-order valence-electron chi connectivity index (χ4n) is 2.62. The standard InChI is InChI=1S/C21H20FN3O/c1-14(2)16-7-3-5-9-18(16)24-15-11-12-20(23-13-15)21(26)25-19-10-6-4-8-17(19)22/h3-14,24H,1-2H3,(H,25,26). The minimum atomic E-state index is -0.482. The van der Waals surface area contributed by atoms with Gasteiger partial charge >= 0.3 is 0 Å². The Morgan fingerprint density at radius 2 is 1.65 bits per heavy atom. The molecule has 0 radical (unpaired) electrons. The largest absolute Gasteiger partial charge is 0.354 e. The van der Waals surface area contributed by atoms with Crippen molar-refractivity contribution in [3.63, 3.8) is 0 Å². The van der Waals surface area contributed by atoms with E-state index in [0.717, 1.165) is 11.4 Å². The molecule has 0 bridgehead atoms. The number of nitrogens with zero attached hydrogens (tertiary/aromatic N) is 1. The van der Waals surface area contributed by atoms with Crippen LogP contribution in [0.5, 0.6) is 0 Å². The van der Waals surface area contributed by atoms with Gasteiger partial charge in [0.25, 0.3) is 5.91 Å². The van der Waals surface area contributed by atoms with E-state index < -0.39 is 11.7 Å². The predicted molar refractivity (Wildman–Crippen MR) is 102 cm³/mol. The molecule has 1 aromatic heterocycles. The molecule has 0 atom stereocenters. The number of anilines is 3. The lowest BCUT2D eigenvalue weighted by Crippen LogP contribution is -2.14. The summed E-state index contributed by atoms with van der Waals surface area (Å²) in [5, 5.41) is 5.85. The Balaban J connectivity index is 1.73. The zero-order valence-corrected chi connectivity index (χ0v) is 14.7. The van der Waals surface area contributed by atoms with E-state index in [4.69, 9.17) is 0 Å². The molecule has 132 valence electrons. The van der Waals surface area contributed by atoms with E-state index in [2.05, 4.69) is 35.5 Å². The summed E-state index contributed by atoms with van der Waals surface area (Å²) in [5.41, 5.74) is 3.34. The number of rotatable bonds is 5. The molecule has 1 amide bonds. The minimum Gasteiger partial charge on any atom is -0.354 e. The third kappa shape index (κ3) is 4.06. The number of hydrogen-bond acceptors (Lipinski definition) is 3.